The number of nitrogens with zero attached hydrogens (tertiary/aromatic N) is 5. The highest BCUT2D eigenvalue weighted by molar-refractivity contribution is 7.19. The summed E-state index contributed by atoms with van der Waals surface area (Å²) in [5, 5.41) is 0.247. The van der Waals surface area contributed by atoms with Crippen LogP contribution in [0.25, 0.3) is 21.4 Å². The van der Waals surface area contributed by atoms with Crippen LogP contribution in [0.3, 0.4) is 0 Å². The molecule has 0 aliphatic carbocycles. The first-order chi connectivity index (χ1) is 17.9. The molecule has 1 N–H and O–H groups in total. The van der Waals surface area contributed by atoms with E-state index in [1.165, 1.54) is 19.9 Å². The molecule has 0 bridgehead atoms. The molecule has 0 unspecified atom stereocenters. The third-order valence-electron chi connectivity index (χ3n) is 5.94. The lowest BCUT2D eigenvalue weighted by atomic mass is 10.1. The van der Waals surface area contributed by atoms with Gasteiger partial charge in [0.15, 0.2) is 10.5 Å². The van der Waals surface area contributed by atoms with Crippen LogP contribution < -0.4 is 10.3 Å². The average Bonchev–Trinajstić information content (AvgIpc) is 3.25. The average molecular weight is 549 g/mol. The third-order valence-corrected chi connectivity index (χ3v) is 6.89. The number of hydrogen-bond acceptors (Lipinski definition) is 9. The Morgan fingerprint density at radius 3 is 2.55 bits per heavy atom. The number of nitrogens with one attached hydrogen (secondary N) is 1. The lowest BCUT2D eigenvalue weighted by Crippen LogP contribution is -2.48. The summed E-state index contributed by atoms with van der Waals surface area (Å²) in [6.07, 6.45) is -6.17. The smallest absolute Gasteiger partial charge is 0.418 e. The highest BCUT2D eigenvalue weighted by atomic mass is 32.1. The number of morpholine rings is 1. The van der Waals surface area contributed by atoms with Crippen LogP contribution in [0.1, 0.15) is 53.8 Å². The van der Waals surface area contributed by atoms with Crippen molar-refractivity contribution in [3.05, 3.63) is 50.6 Å². The maximum atomic E-state index is 13.9. The zero-order valence-electron chi connectivity index (χ0n) is 20.8. The van der Waals surface area contributed by atoms with Crippen molar-refractivity contribution in [3.8, 4) is 5.88 Å². The number of ether oxygens (including phenoxy) is 2. The van der Waals surface area contributed by atoms with E-state index in [0.717, 1.165) is 17.4 Å². The largest absolute Gasteiger partial charge is 0.468 e. The molecule has 5 heterocycles. The first-order valence-corrected chi connectivity index (χ1v) is 12.6. The van der Waals surface area contributed by atoms with E-state index >= 15 is 0 Å². The van der Waals surface area contributed by atoms with Gasteiger partial charge in [-0.15, -0.1) is 0 Å². The van der Waals surface area contributed by atoms with Crippen molar-refractivity contribution >= 4 is 38.6 Å². The number of pyridine rings is 2. The fourth-order valence-corrected chi connectivity index (χ4v) is 5.31. The molecule has 4 aromatic heterocycles. The number of amides is 1. The Hall–Kier alpha value is -3.65. The number of carbonyl (C=O) groups excluding carboxylic acids is 1. The van der Waals surface area contributed by atoms with Crippen molar-refractivity contribution in [2.45, 2.75) is 52.2 Å². The summed E-state index contributed by atoms with van der Waals surface area (Å²) in [4.78, 5) is 46.5. The Bertz CT molecular complexity index is 1590. The Morgan fingerprint density at radius 1 is 1.16 bits per heavy atom. The first kappa shape index (κ1) is 26.0. The normalized spacial score (nSPS) is 19.2. The van der Waals surface area contributed by atoms with E-state index in [0.29, 0.717) is 23.4 Å². The van der Waals surface area contributed by atoms with Gasteiger partial charge in [0.25, 0.3) is 11.5 Å². The molecular formula is C24H23F3N6O4S. The SMILES string of the molecule is Cc1nc2cc(C(F)(F)F)c([C@H](C)Oc3ccc4nc(C(=O)N5C[C@@H](C)O[C@@H](C)C5)sc4n3)nc2c(=O)[nH]1. The molecule has 14 heteroatoms. The van der Waals surface area contributed by atoms with Gasteiger partial charge >= 0.3 is 6.18 Å². The van der Waals surface area contributed by atoms with Gasteiger partial charge in [-0.2, -0.15) is 13.2 Å². The minimum atomic E-state index is -4.76. The van der Waals surface area contributed by atoms with E-state index in [1.807, 2.05) is 13.8 Å². The van der Waals surface area contributed by atoms with Crippen LogP contribution in [0.15, 0.2) is 23.0 Å². The van der Waals surface area contributed by atoms with Gasteiger partial charge in [0.2, 0.25) is 5.88 Å². The van der Waals surface area contributed by atoms with Crippen LogP contribution in [0.5, 0.6) is 5.88 Å². The summed E-state index contributed by atoms with van der Waals surface area (Å²) in [6, 6.07) is 3.83. The Morgan fingerprint density at radius 2 is 1.87 bits per heavy atom. The van der Waals surface area contributed by atoms with Crippen molar-refractivity contribution in [2.75, 3.05) is 13.1 Å². The predicted molar refractivity (Wildman–Crippen MR) is 132 cm³/mol. The van der Waals surface area contributed by atoms with Crippen LogP contribution in [0.4, 0.5) is 13.2 Å². The van der Waals surface area contributed by atoms with Crippen molar-refractivity contribution in [1.82, 2.24) is 29.8 Å². The van der Waals surface area contributed by atoms with Gasteiger partial charge < -0.3 is 19.4 Å². The molecule has 0 saturated carbocycles. The van der Waals surface area contributed by atoms with E-state index < -0.39 is 29.1 Å². The van der Waals surface area contributed by atoms with Gasteiger partial charge in [0.1, 0.15) is 22.3 Å². The standard InChI is InChI=1S/C24H23F3N6O4S/c1-10-8-33(9-11(2)36-10)23(35)22-30-15-5-6-17(31-21(15)38-22)37-12(3)18-14(24(25,26)27)7-16-19(32-18)20(34)29-13(4)28-16/h5-7,10-12H,8-9H2,1-4H3,(H,28,29,34)/t10-,11+,12-/m0/s1. The monoisotopic (exact) mass is 548 g/mol. The number of aryl methyl sites for hydroxylation is 1. The number of H-pyrrole nitrogens is 1. The number of rotatable bonds is 4. The van der Waals surface area contributed by atoms with Gasteiger partial charge in [-0.3, -0.25) is 9.59 Å². The van der Waals surface area contributed by atoms with Gasteiger partial charge in [0.05, 0.1) is 29.0 Å². The minimum absolute atomic E-state index is 0.0206. The molecule has 1 amide bonds. The van der Waals surface area contributed by atoms with Crippen LogP contribution in [0.2, 0.25) is 0 Å². The molecule has 3 atom stereocenters. The number of alkyl halides is 3. The topological polar surface area (TPSA) is 123 Å². The highest BCUT2D eigenvalue weighted by Gasteiger charge is 2.37. The molecule has 4 aromatic rings. The zero-order valence-corrected chi connectivity index (χ0v) is 21.6. The second-order valence-electron chi connectivity index (χ2n) is 9.16. The molecule has 200 valence electrons. The number of halogens is 3. The molecule has 1 aliphatic rings. The summed E-state index contributed by atoms with van der Waals surface area (Å²) in [6.45, 7) is 7.52. The highest BCUT2D eigenvalue weighted by Crippen LogP contribution is 2.36. The number of fused-ring (bicyclic) bond motifs is 2. The van der Waals surface area contributed by atoms with E-state index in [1.54, 1.807) is 11.0 Å². The molecule has 38 heavy (non-hydrogen) atoms. The van der Waals surface area contributed by atoms with Crippen molar-refractivity contribution in [2.24, 2.45) is 0 Å². The number of hydrogen-bond donors (Lipinski definition) is 1. The number of aromatic amines is 1. The van der Waals surface area contributed by atoms with Gasteiger partial charge in [-0.25, -0.2) is 19.9 Å². The van der Waals surface area contributed by atoms with E-state index in [9.17, 15) is 22.8 Å². The third kappa shape index (κ3) is 5.05. The molecule has 1 aliphatic heterocycles. The van der Waals surface area contributed by atoms with Crippen molar-refractivity contribution < 1.29 is 27.4 Å². The van der Waals surface area contributed by atoms with Crippen LogP contribution in [0, 0.1) is 6.92 Å². The lowest BCUT2D eigenvalue weighted by molar-refractivity contribution is -0.139. The fraction of sp³-hybridized carbons (Fsp3) is 0.417. The molecule has 1 fully saturated rings. The van der Waals surface area contributed by atoms with E-state index in [4.69, 9.17) is 9.47 Å². The summed E-state index contributed by atoms with van der Waals surface area (Å²) in [5.74, 6) is -0.0469. The van der Waals surface area contributed by atoms with E-state index in [-0.39, 0.29) is 45.9 Å². The predicted octanol–water partition coefficient (Wildman–Crippen LogP) is 4.04. The second kappa shape index (κ2) is 9.58. The minimum Gasteiger partial charge on any atom is -0.468 e. The summed E-state index contributed by atoms with van der Waals surface area (Å²) in [5.41, 5.74) is -2.12. The van der Waals surface area contributed by atoms with E-state index in [2.05, 4.69) is 24.9 Å². The van der Waals surface area contributed by atoms with Crippen LogP contribution in [-0.4, -0.2) is 61.0 Å². The van der Waals surface area contributed by atoms with Crippen molar-refractivity contribution in [3.63, 3.8) is 0 Å². The summed E-state index contributed by atoms with van der Waals surface area (Å²) >= 11 is 1.07. The maximum Gasteiger partial charge on any atom is 0.418 e. The second-order valence-corrected chi connectivity index (χ2v) is 10.1. The molecular weight excluding hydrogens is 525 g/mol. The fourth-order valence-electron chi connectivity index (χ4n) is 4.41. The number of aromatic nitrogens is 5. The Balaban J connectivity index is 1.44. The summed E-state index contributed by atoms with van der Waals surface area (Å²) < 4.78 is 53.1. The van der Waals surface area contributed by atoms with Crippen LogP contribution in [-0.2, 0) is 10.9 Å². The quantitative estimate of drug-likeness (QED) is 0.405. The number of carbonyl (C=O) groups is 1. The maximum absolute atomic E-state index is 13.9. The zero-order chi connectivity index (χ0) is 27.4. The molecule has 5 rings (SSSR count). The molecule has 0 radical (unpaired) electrons. The van der Waals surface area contributed by atoms with Gasteiger partial charge in [-0.05, 0) is 39.8 Å². The Kier molecular flexibility index (Phi) is 6.55. The van der Waals surface area contributed by atoms with Crippen LogP contribution >= 0.6 is 11.3 Å². The molecule has 0 spiro atoms. The van der Waals surface area contributed by atoms with Gasteiger partial charge in [-0.1, -0.05) is 11.3 Å². The molecule has 1 saturated heterocycles. The Labute approximate surface area is 217 Å². The molecule has 0 aromatic carbocycles. The molecule has 10 nitrogen and oxygen atoms in total. The van der Waals surface area contributed by atoms with Gasteiger partial charge in [0, 0.05) is 19.2 Å². The first-order valence-electron chi connectivity index (χ1n) is 11.8. The van der Waals surface area contributed by atoms with Crippen molar-refractivity contribution in [1.29, 1.82) is 0 Å². The number of thiazole rings is 1. The lowest BCUT2D eigenvalue weighted by Gasteiger charge is -2.34. The summed E-state index contributed by atoms with van der Waals surface area (Å²) in [7, 11) is 0.